The minimum Gasteiger partial charge on any atom is -0.222 e. The van der Waals surface area contributed by atoms with Crippen LogP contribution < -0.4 is 0 Å². The minimum atomic E-state index is -5.76. The molecule has 0 spiro atoms. The maximum absolute atomic E-state index is 14.2. The molecule has 3 rings (SSSR count). The van der Waals surface area contributed by atoms with E-state index in [2.05, 4.69) is 17.7 Å². The molecule has 0 amide bonds. The van der Waals surface area contributed by atoms with Crippen LogP contribution in [0.25, 0.3) is 17.2 Å². The number of hydrogen-bond acceptors (Lipinski definition) is 1. The van der Waals surface area contributed by atoms with Crippen LogP contribution in [0.15, 0.2) is 42.5 Å². The Hall–Kier alpha value is -2.35. The quantitative estimate of drug-likeness (QED) is 0.364. The van der Waals surface area contributed by atoms with E-state index in [1.54, 1.807) is 24.3 Å². The zero-order valence-electron chi connectivity index (χ0n) is 18.1. The van der Waals surface area contributed by atoms with Gasteiger partial charge in [-0.25, -0.2) is 13.5 Å². The molecule has 8 heteroatoms. The van der Waals surface area contributed by atoms with Gasteiger partial charge in [-0.3, -0.25) is 0 Å². The number of alkyl halides is 5. The second-order valence-corrected chi connectivity index (χ2v) is 8.43. The van der Waals surface area contributed by atoms with Crippen molar-refractivity contribution >= 4 is 6.08 Å². The van der Waals surface area contributed by atoms with Crippen molar-refractivity contribution < 1.29 is 35.5 Å². The second kappa shape index (κ2) is 10.3. The van der Waals surface area contributed by atoms with Crippen molar-refractivity contribution in [1.29, 1.82) is 0 Å². The van der Waals surface area contributed by atoms with E-state index in [0.29, 0.717) is 23.6 Å². The molecule has 0 heterocycles. The summed E-state index contributed by atoms with van der Waals surface area (Å²) in [6.45, 7) is 2.20. The molecular weight excluding hydrogens is 449 g/mol. The third-order valence-corrected chi connectivity index (χ3v) is 5.97. The molecule has 2 aromatic rings. The monoisotopic (exact) mass is 474 g/mol. The summed E-state index contributed by atoms with van der Waals surface area (Å²) in [5.74, 6) is -2.34. The lowest BCUT2D eigenvalue weighted by molar-refractivity contribution is -0.432. The number of hydrogen-bond donors (Lipinski definition) is 0. The molecule has 0 bridgehead atoms. The first-order valence-corrected chi connectivity index (χ1v) is 10.9. The van der Waals surface area contributed by atoms with Gasteiger partial charge in [-0.15, -0.1) is 13.2 Å². The SMILES string of the molecule is CCCC1CCC(/C=C/c2ccc(-c3cc(F)c(C(F)(F)OC(F)(F)F)c(F)c3)cc2)CC1. The highest BCUT2D eigenvalue weighted by atomic mass is 19.4. The van der Waals surface area contributed by atoms with Gasteiger partial charge in [0.15, 0.2) is 0 Å². The fraction of sp³-hybridized carbons (Fsp3) is 0.440. The fourth-order valence-electron chi connectivity index (χ4n) is 4.33. The van der Waals surface area contributed by atoms with Gasteiger partial charge in [-0.2, -0.15) is 8.78 Å². The van der Waals surface area contributed by atoms with Crippen LogP contribution >= 0.6 is 0 Å². The lowest BCUT2D eigenvalue weighted by Gasteiger charge is -2.26. The molecule has 1 fully saturated rings. The summed E-state index contributed by atoms with van der Waals surface area (Å²) in [7, 11) is 0. The normalized spacial score (nSPS) is 19.9. The summed E-state index contributed by atoms with van der Waals surface area (Å²) in [5, 5.41) is 0. The first-order chi connectivity index (χ1) is 15.5. The average Bonchev–Trinajstić information content (AvgIpc) is 2.71. The van der Waals surface area contributed by atoms with Crippen molar-refractivity contribution in [2.45, 2.75) is 57.9 Å². The van der Waals surface area contributed by atoms with Crippen LogP contribution in [0.1, 0.15) is 56.6 Å². The van der Waals surface area contributed by atoms with Crippen LogP contribution in [0.2, 0.25) is 0 Å². The molecule has 1 aliphatic carbocycles. The highest BCUT2D eigenvalue weighted by molar-refractivity contribution is 5.66. The van der Waals surface area contributed by atoms with E-state index in [-0.39, 0.29) is 5.56 Å². The first-order valence-electron chi connectivity index (χ1n) is 10.9. The summed E-state index contributed by atoms with van der Waals surface area (Å²) in [6.07, 6.45) is 0.394. The Morgan fingerprint density at radius 2 is 1.45 bits per heavy atom. The Kier molecular flexibility index (Phi) is 7.88. The van der Waals surface area contributed by atoms with Crippen molar-refractivity contribution in [3.05, 3.63) is 65.2 Å². The molecule has 180 valence electrons. The molecule has 2 aromatic carbocycles. The highest BCUT2D eigenvalue weighted by Gasteiger charge is 2.49. The van der Waals surface area contributed by atoms with Crippen molar-refractivity contribution in [3.63, 3.8) is 0 Å². The van der Waals surface area contributed by atoms with Gasteiger partial charge in [0.1, 0.15) is 17.2 Å². The number of rotatable bonds is 7. The largest absolute Gasteiger partial charge is 0.527 e. The highest BCUT2D eigenvalue weighted by Crippen LogP contribution is 2.40. The van der Waals surface area contributed by atoms with E-state index >= 15 is 0 Å². The molecule has 33 heavy (non-hydrogen) atoms. The van der Waals surface area contributed by atoms with Crippen LogP contribution in [0.5, 0.6) is 0 Å². The summed E-state index contributed by atoms with van der Waals surface area (Å²) in [6, 6.07) is 7.70. The molecular formula is C25H25F7O. The molecule has 1 aliphatic rings. The molecule has 1 nitrogen and oxygen atoms in total. The zero-order valence-corrected chi connectivity index (χ0v) is 18.1. The van der Waals surface area contributed by atoms with Gasteiger partial charge in [0.05, 0.1) is 0 Å². The molecule has 1 saturated carbocycles. The predicted octanol–water partition coefficient (Wildman–Crippen LogP) is 8.84. The Morgan fingerprint density at radius 3 is 1.97 bits per heavy atom. The third kappa shape index (κ3) is 6.82. The van der Waals surface area contributed by atoms with Gasteiger partial charge in [-0.05, 0) is 66.3 Å². The smallest absolute Gasteiger partial charge is 0.222 e. The van der Waals surface area contributed by atoms with Crippen molar-refractivity contribution in [2.24, 2.45) is 11.8 Å². The van der Waals surface area contributed by atoms with Crippen LogP contribution in [-0.4, -0.2) is 6.36 Å². The average molecular weight is 474 g/mol. The van der Waals surface area contributed by atoms with Gasteiger partial charge >= 0.3 is 12.5 Å². The Bertz CT molecular complexity index is 933. The number of ether oxygens (including phenoxy) is 1. The number of allylic oxidation sites excluding steroid dienone is 1. The van der Waals surface area contributed by atoms with Crippen molar-refractivity contribution in [3.8, 4) is 11.1 Å². The van der Waals surface area contributed by atoms with E-state index in [1.807, 2.05) is 6.08 Å². The molecule has 0 radical (unpaired) electrons. The van der Waals surface area contributed by atoms with Gasteiger partial charge in [-0.1, -0.05) is 56.2 Å². The standard InChI is InChI=1S/C25H25F7O/c1-2-3-16-4-6-17(7-5-16)8-9-18-10-12-19(13-11-18)20-14-21(26)23(22(27)15-20)24(28,29)33-25(30,31)32/h8-17H,2-7H2,1H3/b9-8+. The van der Waals surface area contributed by atoms with Gasteiger partial charge in [0.2, 0.25) is 0 Å². The zero-order chi connectivity index (χ0) is 24.2. The Labute approximate surface area is 188 Å². The lowest BCUT2D eigenvalue weighted by atomic mass is 9.80. The van der Waals surface area contributed by atoms with Crippen molar-refractivity contribution in [1.82, 2.24) is 0 Å². The van der Waals surface area contributed by atoms with Crippen LogP contribution in [0.4, 0.5) is 30.7 Å². The van der Waals surface area contributed by atoms with Crippen molar-refractivity contribution in [2.75, 3.05) is 0 Å². The molecule has 0 saturated heterocycles. The van der Waals surface area contributed by atoms with E-state index < -0.39 is 29.7 Å². The topological polar surface area (TPSA) is 9.23 Å². The first kappa shape index (κ1) is 25.3. The number of benzene rings is 2. The molecule has 0 atom stereocenters. The predicted molar refractivity (Wildman–Crippen MR) is 112 cm³/mol. The van der Waals surface area contributed by atoms with E-state index in [9.17, 15) is 30.7 Å². The molecule has 0 aromatic heterocycles. The molecule has 0 N–H and O–H groups in total. The Balaban J connectivity index is 1.71. The van der Waals surface area contributed by atoms with Crippen LogP contribution in [0, 0.1) is 23.5 Å². The van der Waals surface area contributed by atoms with Gasteiger partial charge in [0, 0.05) is 0 Å². The maximum Gasteiger partial charge on any atom is 0.527 e. The summed E-state index contributed by atoms with van der Waals surface area (Å²) in [4.78, 5) is 0. The second-order valence-electron chi connectivity index (χ2n) is 8.43. The lowest BCUT2D eigenvalue weighted by Crippen LogP contribution is -2.29. The van der Waals surface area contributed by atoms with E-state index in [0.717, 1.165) is 24.3 Å². The summed E-state index contributed by atoms with van der Waals surface area (Å²) < 4.78 is 94.7. The van der Waals surface area contributed by atoms with Gasteiger partial charge in [0.25, 0.3) is 0 Å². The van der Waals surface area contributed by atoms with E-state index in [1.165, 1.54) is 25.7 Å². The van der Waals surface area contributed by atoms with Gasteiger partial charge < -0.3 is 0 Å². The molecule has 0 aliphatic heterocycles. The van der Waals surface area contributed by atoms with Crippen LogP contribution in [0.3, 0.4) is 0 Å². The minimum absolute atomic E-state index is 0.0821. The Morgan fingerprint density at radius 1 is 0.879 bits per heavy atom. The number of halogens is 7. The maximum atomic E-state index is 14.2. The molecule has 0 unspecified atom stereocenters. The fourth-order valence-corrected chi connectivity index (χ4v) is 4.33. The van der Waals surface area contributed by atoms with Crippen LogP contribution in [-0.2, 0) is 10.8 Å². The third-order valence-electron chi connectivity index (χ3n) is 5.97. The summed E-state index contributed by atoms with van der Waals surface area (Å²) >= 11 is 0. The summed E-state index contributed by atoms with van der Waals surface area (Å²) in [5.41, 5.74) is -0.966. The van der Waals surface area contributed by atoms with E-state index in [4.69, 9.17) is 0 Å².